The highest BCUT2D eigenvalue weighted by atomic mass is 127. The van der Waals surface area contributed by atoms with E-state index in [1.807, 2.05) is 26.0 Å². The second-order valence-corrected chi connectivity index (χ2v) is 5.76. The number of aryl methyl sites for hydroxylation is 1. The minimum absolute atomic E-state index is 0. The molecule has 0 aliphatic carbocycles. The summed E-state index contributed by atoms with van der Waals surface area (Å²) in [5.41, 5.74) is 3.36. The van der Waals surface area contributed by atoms with Crippen LogP contribution in [0.4, 0.5) is 0 Å². The average molecular weight is 484 g/mol. The Hall–Kier alpha value is -2.03. The van der Waals surface area contributed by atoms with Gasteiger partial charge in [-0.2, -0.15) is 0 Å². The predicted molar refractivity (Wildman–Crippen MR) is 120 cm³/mol. The van der Waals surface area contributed by atoms with Crippen LogP contribution in [-0.2, 0) is 13.1 Å². The zero-order chi connectivity index (χ0) is 18.8. The number of guanidine groups is 1. The standard InChI is InChI=1S/C20H28N4O2.HI/c1-5-25-18-11-15(3)7-8-17(18)14-24-20(21-4)23-13-16-9-10-22-19(12-16)26-6-2;/h7-12H,5-6,13-14H2,1-4H3,(H2,21,23,24);1H. The van der Waals surface area contributed by atoms with Gasteiger partial charge in [-0.3, -0.25) is 4.99 Å². The summed E-state index contributed by atoms with van der Waals surface area (Å²) < 4.78 is 11.2. The monoisotopic (exact) mass is 484 g/mol. The SMILES string of the molecule is CCOc1cc(CNC(=NC)NCc2ccc(C)cc2OCC)ccn1.I. The highest BCUT2D eigenvalue weighted by molar-refractivity contribution is 14.0. The number of rotatable bonds is 8. The number of pyridine rings is 1. The van der Waals surface area contributed by atoms with E-state index in [1.165, 1.54) is 5.56 Å². The van der Waals surface area contributed by atoms with Crippen LogP contribution in [0.15, 0.2) is 41.5 Å². The van der Waals surface area contributed by atoms with E-state index in [0.717, 1.165) is 22.8 Å². The van der Waals surface area contributed by atoms with Crippen molar-refractivity contribution < 1.29 is 9.47 Å². The van der Waals surface area contributed by atoms with Gasteiger partial charge >= 0.3 is 0 Å². The summed E-state index contributed by atoms with van der Waals surface area (Å²) in [5.74, 6) is 2.27. The van der Waals surface area contributed by atoms with Crippen molar-refractivity contribution in [2.45, 2.75) is 33.9 Å². The first kappa shape index (κ1) is 23.0. The van der Waals surface area contributed by atoms with Crippen molar-refractivity contribution >= 4 is 29.9 Å². The molecule has 0 bridgehead atoms. The third-order valence-electron chi connectivity index (χ3n) is 3.74. The summed E-state index contributed by atoms with van der Waals surface area (Å²) >= 11 is 0. The molecule has 1 heterocycles. The van der Waals surface area contributed by atoms with E-state index in [-0.39, 0.29) is 24.0 Å². The molecule has 0 atom stereocenters. The summed E-state index contributed by atoms with van der Waals surface area (Å²) in [5, 5.41) is 6.63. The van der Waals surface area contributed by atoms with Gasteiger partial charge in [-0.25, -0.2) is 4.98 Å². The number of halogens is 1. The molecule has 2 N–H and O–H groups in total. The highest BCUT2D eigenvalue weighted by Gasteiger charge is 2.06. The van der Waals surface area contributed by atoms with Crippen LogP contribution in [0.2, 0.25) is 0 Å². The second-order valence-electron chi connectivity index (χ2n) is 5.76. The zero-order valence-electron chi connectivity index (χ0n) is 16.4. The van der Waals surface area contributed by atoms with Crippen LogP contribution in [0.25, 0.3) is 0 Å². The number of benzene rings is 1. The van der Waals surface area contributed by atoms with E-state index in [1.54, 1.807) is 13.2 Å². The van der Waals surface area contributed by atoms with Gasteiger partial charge in [-0.15, -0.1) is 24.0 Å². The van der Waals surface area contributed by atoms with Gasteiger partial charge < -0.3 is 20.1 Å². The topological polar surface area (TPSA) is 67.8 Å². The lowest BCUT2D eigenvalue weighted by molar-refractivity contribution is 0.326. The number of hydrogen-bond acceptors (Lipinski definition) is 4. The molecule has 2 aromatic rings. The molecule has 0 aliphatic rings. The number of nitrogens with zero attached hydrogens (tertiary/aromatic N) is 2. The smallest absolute Gasteiger partial charge is 0.213 e. The minimum Gasteiger partial charge on any atom is -0.494 e. The average Bonchev–Trinajstić information content (AvgIpc) is 2.64. The predicted octanol–water partition coefficient (Wildman–Crippen LogP) is 3.67. The third-order valence-corrected chi connectivity index (χ3v) is 3.74. The highest BCUT2D eigenvalue weighted by Crippen LogP contribution is 2.20. The number of hydrogen-bond donors (Lipinski definition) is 2. The molecule has 0 amide bonds. The molecule has 1 aromatic heterocycles. The van der Waals surface area contributed by atoms with E-state index in [2.05, 4.69) is 45.7 Å². The molecular formula is C20H29IN4O2. The molecule has 148 valence electrons. The van der Waals surface area contributed by atoms with Gasteiger partial charge in [0.25, 0.3) is 0 Å². The van der Waals surface area contributed by atoms with Crippen LogP contribution < -0.4 is 20.1 Å². The fourth-order valence-electron chi connectivity index (χ4n) is 2.47. The zero-order valence-corrected chi connectivity index (χ0v) is 18.7. The van der Waals surface area contributed by atoms with E-state index >= 15 is 0 Å². The molecule has 7 heteroatoms. The molecular weight excluding hydrogens is 455 g/mol. The van der Waals surface area contributed by atoms with Crippen molar-refractivity contribution in [3.8, 4) is 11.6 Å². The summed E-state index contributed by atoms with van der Waals surface area (Å²) in [7, 11) is 1.76. The Morgan fingerprint density at radius 1 is 1.04 bits per heavy atom. The molecule has 0 radical (unpaired) electrons. The molecule has 1 aromatic carbocycles. The molecule has 0 spiro atoms. The van der Waals surface area contributed by atoms with Crippen LogP contribution in [0.3, 0.4) is 0 Å². The second kappa shape index (κ2) is 12.4. The van der Waals surface area contributed by atoms with Crippen molar-refractivity contribution in [2.24, 2.45) is 4.99 Å². The van der Waals surface area contributed by atoms with Crippen molar-refractivity contribution in [3.05, 3.63) is 53.2 Å². The van der Waals surface area contributed by atoms with Gasteiger partial charge in [0.15, 0.2) is 5.96 Å². The molecule has 2 rings (SSSR count). The first-order valence-corrected chi connectivity index (χ1v) is 8.90. The van der Waals surface area contributed by atoms with Crippen LogP contribution >= 0.6 is 24.0 Å². The number of nitrogens with one attached hydrogen (secondary N) is 2. The van der Waals surface area contributed by atoms with E-state index in [4.69, 9.17) is 9.47 Å². The lowest BCUT2D eigenvalue weighted by Gasteiger charge is -2.15. The Morgan fingerprint density at radius 2 is 1.78 bits per heavy atom. The quantitative estimate of drug-likeness (QED) is 0.340. The van der Waals surface area contributed by atoms with Gasteiger partial charge in [-0.1, -0.05) is 12.1 Å². The number of ether oxygens (including phenoxy) is 2. The van der Waals surface area contributed by atoms with Crippen LogP contribution in [-0.4, -0.2) is 31.2 Å². The Labute approximate surface area is 178 Å². The lowest BCUT2D eigenvalue weighted by Crippen LogP contribution is -2.36. The molecule has 0 saturated heterocycles. The Kier molecular flexibility index (Phi) is 10.5. The first-order valence-electron chi connectivity index (χ1n) is 8.90. The largest absolute Gasteiger partial charge is 0.494 e. The summed E-state index contributed by atoms with van der Waals surface area (Å²) in [4.78, 5) is 8.45. The van der Waals surface area contributed by atoms with Gasteiger partial charge in [0.1, 0.15) is 5.75 Å². The van der Waals surface area contributed by atoms with Crippen molar-refractivity contribution in [1.82, 2.24) is 15.6 Å². The maximum absolute atomic E-state index is 5.73. The molecule has 6 nitrogen and oxygen atoms in total. The first-order chi connectivity index (χ1) is 12.7. The molecule has 0 aliphatic heterocycles. The summed E-state index contributed by atoms with van der Waals surface area (Å²) in [6.07, 6.45) is 1.75. The molecule has 0 unspecified atom stereocenters. The number of aromatic nitrogens is 1. The fourth-order valence-corrected chi connectivity index (χ4v) is 2.47. The Morgan fingerprint density at radius 3 is 2.48 bits per heavy atom. The maximum atomic E-state index is 5.73. The Bertz CT molecular complexity index is 738. The van der Waals surface area contributed by atoms with Gasteiger partial charge in [0.2, 0.25) is 5.88 Å². The summed E-state index contributed by atoms with van der Waals surface area (Å²) in [6.45, 7) is 8.51. The van der Waals surface area contributed by atoms with Crippen molar-refractivity contribution in [2.75, 3.05) is 20.3 Å². The van der Waals surface area contributed by atoms with E-state index in [0.29, 0.717) is 32.2 Å². The van der Waals surface area contributed by atoms with Gasteiger partial charge in [0.05, 0.1) is 13.2 Å². The molecule has 27 heavy (non-hydrogen) atoms. The van der Waals surface area contributed by atoms with Crippen molar-refractivity contribution in [3.63, 3.8) is 0 Å². The molecule has 0 fully saturated rings. The van der Waals surface area contributed by atoms with E-state index < -0.39 is 0 Å². The van der Waals surface area contributed by atoms with Crippen LogP contribution in [0, 0.1) is 6.92 Å². The van der Waals surface area contributed by atoms with Crippen molar-refractivity contribution in [1.29, 1.82) is 0 Å². The summed E-state index contributed by atoms with van der Waals surface area (Å²) in [6, 6.07) is 10.1. The maximum Gasteiger partial charge on any atom is 0.213 e. The van der Waals surface area contributed by atoms with E-state index in [9.17, 15) is 0 Å². The van der Waals surface area contributed by atoms with Gasteiger partial charge in [0, 0.05) is 38.0 Å². The third kappa shape index (κ3) is 7.62. The molecule has 0 saturated carbocycles. The Balaban J connectivity index is 0.00000364. The minimum atomic E-state index is 0. The van der Waals surface area contributed by atoms with Gasteiger partial charge in [-0.05, 0) is 44.0 Å². The lowest BCUT2D eigenvalue weighted by atomic mass is 10.1. The number of aliphatic imine (C=N–C) groups is 1. The van der Waals surface area contributed by atoms with Crippen LogP contribution in [0.5, 0.6) is 11.6 Å². The fraction of sp³-hybridized carbons (Fsp3) is 0.400. The normalized spacial score (nSPS) is 10.7. The van der Waals surface area contributed by atoms with Crippen LogP contribution in [0.1, 0.15) is 30.5 Å².